The van der Waals surface area contributed by atoms with Crippen molar-refractivity contribution in [1.29, 1.82) is 0 Å². The molecule has 1 atom stereocenters. The van der Waals surface area contributed by atoms with E-state index in [2.05, 4.69) is 9.88 Å². The van der Waals surface area contributed by atoms with Crippen molar-refractivity contribution in [3.63, 3.8) is 0 Å². The third-order valence-corrected chi connectivity index (χ3v) is 5.52. The van der Waals surface area contributed by atoms with Gasteiger partial charge in [0.15, 0.2) is 0 Å². The number of fused-ring (bicyclic) bond motifs is 1. The number of ether oxygens (including phenoxy) is 1. The summed E-state index contributed by atoms with van der Waals surface area (Å²) >= 11 is 0. The molecule has 2 aliphatic heterocycles. The first-order chi connectivity index (χ1) is 11.2. The number of aromatic nitrogens is 1. The molecule has 3 aliphatic rings. The highest BCUT2D eigenvalue weighted by Crippen LogP contribution is 2.29. The van der Waals surface area contributed by atoms with Crippen LogP contribution in [0.1, 0.15) is 48.7 Å². The molecule has 0 spiro atoms. The third kappa shape index (κ3) is 2.82. The zero-order chi connectivity index (χ0) is 15.8. The molecule has 0 unspecified atom stereocenters. The molecule has 1 aromatic rings. The third-order valence-electron chi connectivity index (χ3n) is 5.52. The summed E-state index contributed by atoms with van der Waals surface area (Å²) in [4.78, 5) is 21.3. The van der Waals surface area contributed by atoms with E-state index in [1.165, 1.54) is 19.3 Å². The standard InChI is InChI=1S/C18H25N3O2/c1-2-20-11-9-16-15(18(20)22)6-7-17(19-16)23-14-8-10-21(12-14)13-4-3-5-13/h6-7,13-14H,2-5,8-12H2,1H3/t14-/m1/s1. The lowest BCUT2D eigenvalue weighted by Gasteiger charge is -2.34. The number of carbonyl (C=O) groups excluding carboxylic acids is 1. The van der Waals surface area contributed by atoms with Crippen molar-refractivity contribution < 1.29 is 9.53 Å². The predicted molar refractivity (Wildman–Crippen MR) is 87.8 cm³/mol. The summed E-state index contributed by atoms with van der Waals surface area (Å²) < 4.78 is 6.10. The van der Waals surface area contributed by atoms with Crippen LogP contribution in [0.4, 0.5) is 0 Å². The number of amides is 1. The number of carbonyl (C=O) groups is 1. The number of pyridine rings is 1. The van der Waals surface area contributed by atoms with Crippen molar-refractivity contribution >= 4 is 5.91 Å². The van der Waals surface area contributed by atoms with Crippen LogP contribution in [0, 0.1) is 0 Å². The molecule has 124 valence electrons. The lowest BCUT2D eigenvalue weighted by Crippen LogP contribution is -2.39. The van der Waals surface area contributed by atoms with Crippen LogP contribution in [0.15, 0.2) is 12.1 Å². The van der Waals surface area contributed by atoms with E-state index >= 15 is 0 Å². The molecule has 0 N–H and O–H groups in total. The van der Waals surface area contributed by atoms with Gasteiger partial charge < -0.3 is 9.64 Å². The van der Waals surface area contributed by atoms with Crippen molar-refractivity contribution in [2.75, 3.05) is 26.2 Å². The van der Waals surface area contributed by atoms with Gasteiger partial charge in [-0.25, -0.2) is 4.98 Å². The zero-order valence-corrected chi connectivity index (χ0v) is 13.8. The molecule has 5 heteroatoms. The molecule has 1 saturated heterocycles. The van der Waals surface area contributed by atoms with Gasteiger partial charge in [0, 0.05) is 44.7 Å². The Hall–Kier alpha value is -1.62. The molecule has 5 nitrogen and oxygen atoms in total. The first kappa shape index (κ1) is 14.9. The highest BCUT2D eigenvalue weighted by Gasteiger charge is 2.33. The minimum Gasteiger partial charge on any atom is -0.473 e. The van der Waals surface area contributed by atoms with Crippen molar-refractivity contribution in [3.8, 4) is 5.88 Å². The van der Waals surface area contributed by atoms with Crippen LogP contribution in [0.5, 0.6) is 5.88 Å². The molecule has 1 amide bonds. The van der Waals surface area contributed by atoms with Crippen LogP contribution >= 0.6 is 0 Å². The Morgan fingerprint density at radius 1 is 1.26 bits per heavy atom. The fourth-order valence-corrected chi connectivity index (χ4v) is 3.85. The van der Waals surface area contributed by atoms with Gasteiger partial charge in [0.2, 0.25) is 5.88 Å². The van der Waals surface area contributed by atoms with E-state index in [1.807, 2.05) is 24.0 Å². The fourth-order valence-electron chi connectivity index (χ4n) is 3.85. The number of hydrogen-bond donors (Lipinski definition) is 0. The maximum atomic E-state index is 12.3. The molecule has 1 aliphatic carbocycles. The average Bonchev–Trinajstić information content (AvgIpc) is 2.94. The van der Waals surface area contributed by atoms with E-state index in [0.29, 0.717) is 5.88 Å². The van der Waals surface area contributed by atoms with Crippen molar-refractivity contribution in [3.05, 3.63) is 23.4 Å². The molecule has 1 aromatic heterocycles. The van der Waals surface area contributed by atoms with E-state index in [0.717, 1.165) is 56.3 Å². The Labute approximate surface area is 137 Å². The molecule has 0 bridgehead atoms. The van der Waals surface area contributed by atoms with Crippen LogP contribution in [0.25, 0.3) is 0 Å². The summed E-state index contributed by atoms with van der Waals surface area (Å²) in [6.07, 6.45) is 6.22. The highest BCUT2D eigenvalue weighted by molar-refractivity contribution is 5.96. The molecule has 0 radical (unpaired) electrons. The topological polar surface area (TPSA) is 45.7 Å². The van der Waals surface area contributed by atoms with Gasteiger partial charge in [-0.05, 0) is 32.3 Å². The van der Waals surface area contributed by atoms with Gasteiger partial charge in [-0.2, -0.15) is 0 Å². The molecular weight excluding hydrogens is 290 g/mol. The maximum absolute atomic E-state index is 12.3. The van der Waals surface area contributed by atoms with E-state index < -0.39 is 0 Å². The van der Waals surface area contributed by atoms with E-state index in [4.69, 9.17) is 4.74 Å². The van der Waals surface area contributed by atoms with E-state index in [9.17, 15) is 4.79 Å². The quantitative estimate of drug-likeness (QED) is 0.854. The van der Waals surface area contributed by atoms with Crippen LogP contribution < -0.4 is 4.74 Å². The van der Waals surface area contributed by atoms with Crippen molar-refractivity contribution in [2.24, 2.45) is 0 Å². The van der Waals surface area contributed by atoms with Crippen molar-refractivity contribution in [1.82, 2.24) is 14.8 Å². The zero-order valence-electron chi connectivity index (χ0n) is 13.8. The van der Waals surface area contributed by atoms with E-state index in [1.54, 1.807) is 0 Å². The first-order valence-electron chi connectivity index (χ1n) is 8.94. The second-order valence-electron chi connectivity index (χ2n) is 6.89. The summed E-state index contributed by atoms with van der Waals surface area (Å²) in [5.41, 5.74) is 1.64. The average molecular weight is 315 g/mol. The van der Waals surface area contributed by atoms with Gasteiger partial charge in [-0.15, -0.1) is 0 Å². The first-order valence-corrected chi connectivity index (χ1v) is 8.94. The molecule has 0 aromatic carbocycles. The molecule has 4 rings (SSSR count). The van der Waals surface area contributed by atoms with Gasteiger partial charge in [0.1, 0.15) is 6.10 Å². The lowest BCUT2D eigenvalue weighted by atomic mass is 9.92. The number of hydrogen-bond acceptors (Lipinski definition) is 4. The van der Waals surface area contributed by atoms with Gasteiger partial charge in [0.05, 0.1) is 11.3 Å². The summed E-state index contributed by atoms with van der Waals surface area (Å²) in [7, 11) is 0. The fraction of sp³-hybridized carbons (Fsp3) is 0.667. The van der Waals surface area contributed by atoms with Crippen LogP contribution in [0.3, 0.4) is 0 Å². The number of likely N-dealkylation sites (tertiary alicyclic amines) is 1. The lowest BCUT2D eigenvalue weighted by molar-refractivity contribution is 0.0746. The normalized spacial score (nSPS) is 25.3. The number of likely N-dealkylation sites (N-methyl/N-ethyl adjacent to an activating group) is 1. The van der Waals surface area contributed by atoms with E-state index in [-0.39, 0.29) is 12.0 Å². The van der Waals surface area contributed by atoms with Crippen molar-refractivity contribution in [2.45, 2.75) is 51.2 Å². The van der Waals surface area contributed by atoms with Crippen LogP contribution in [0.2, 0.25) is 0 Å². The molecule has 2 fully saturated rings. The monoisotopic (exact) mass is 315 g/mol. The van der Waals surface area contributed by atoms with Gasteiger partial charge >= 0.3 is 0 Å². The van der Waals surface area contributed by atoms with Crippen LogP contribution in [-0.4, -0.2) is 59.0 Å². The Bertz CT molecular complexity index is 600. The Balaban J connectivity index is 1.42. The maximum Gasteiger partial charge on any atom is 0.255 e. The minimum absolute atomic E-state index is 0.102. The molecule has 1 saturated carbocycles. The Morgan fingerprint density at radius 2 is 2.13 bits per heavy atom. The summed E-state index contributed by atoms with van der Waals surface area (Å²) in [5.74, 6) is 0.784. The summed E-state index contributed by atoms with van der Waals surface area (Å²) in [5, 5.41) is 0. The smallest absolute Gasteiger partial charge is 0.255 e. The Kier molecular flexibility index (Phi) is 3.97. The Morgan fingerprint density at radius 3 is 2.87 bits per heavy atom. The second kappa shape index (κ2) is 6.11. The minimum atomic E-state index is 0.102. The highest BCUT2D eigenvalue weighted by atomic mass is 16.5. The van der Waals surface area contributed by atoms with Gasteiger partial charge in [0.25, 0.3) is 5.91 Å². The summed E-state index contributed by atoms with van der Waals surface area (Å²) in [6, 6.07) is 4.54. The van der Waals surface area contributed by atoms with Crippen LogP contribution in [-0.2, 0) is 6.42 Å². The molecular formula is C18H25N3O2. The predicted octanol–water partition coefficient (Wildman–Crippen LogP) is 2.11. The van der Waals surface area contributed by atoms with Gasteiger partial charge in [-0.3, -0.25) is 9.69 Å². The number of nitrogens with zero attached hydrogens (tertiary/aromatic N) is 3. The SMILES string of the molecule is CCN1CCc2nc(O[C@@H]3CCN(C4CCC4)C3)ccc2C1=O. The van der Waals surface area contributed by atoms with Gasteiger partial charge in [-0.1, -0.05) is 6.42 Å². The molecule has 23 heavy (non-hydrogen) atoms. The second-order valence-corrected chi connectivity index (χ2v) is 6.89. The summed E-state index contributed by atoms with van der Waals surface area (Å²) in [6.45, 7) is 5.70. The largest absolute Gasteiger partial charge is 0.473 e. The number of rotatable bonds is 4. The molecule has 3 heterocycles.